The minimum atomic E-state index is -0.798. The van der Waals surface area contributed by atoms with Crippen LogP contribution in [0, 0.1) is 11.8 Å². The van der Waals surface area contributed by atoms with Gasteiger partial charge in [0, 0.05) is 25.6 Å². The number of hydrogen-bond donors (Lipinski definition) is 2. The number of carboxylic acid groups (broad SMARTS) is 1. The van der Waals surface area contributed by atoms with Gasteiger partial charge in [0.15, 0.2) is 0 Å². The first-order valence-corrected chi connectivity index (χ1v) is 3.67. The summed E-state index contributed by atoms with van der Waals surface area (Å²) in [5.41, 5.74) is 0. The Labute approximate surface area is 65.4 Å². The van der Waals surface area contributed by atoms with E-state index in [1.807, 2.05) is 11.9 Å². The lowest BCUT2D eigenvalue weighted by atomic mass is 9.97. The van der Waals surface area contributed by atoms with Crippen LogP contribution in [0.15, 0.2) is 0 Å². The highest BCUT2D eigenvalue weighted by Crippen LogP contribution is 2.21. The summed E-state index contributed by atoms with van der Waals surface area (Å²) in [7, 11) is 1.87. The fraction of sp³-hybridized carbons (Fsp3) is 0.857. The fourth-order valence-electron chi connectivity index (χ4n) is 1.55. The van der Waals surface area contributed by atoms with Crippen molar-refractivity contribution in [1.82, 2.24) is 4.90 Å². The van der Waals surface area contributed by atoms with E-state index in [1.165, 1.54) is 0 Å². The van der Waals surface area contributed by atoms with E-state index in [0.717, 1.165) is 0 Å². The van der Waals surface area contributed by atoms with E-state index in [4.69, 9.17) is 10.2 Å². The lowest BCUT2D eigenvalue weighted by Gasteiger charge is -2.09. The highest BCUT2D eigenvalue weighted by molar-refractivity contribution is 5.71. The van der Waals surface area contributed by atoms with E-state index in [-0.39, 0.29) is 18.4 Å². The van der Waals surface area contributed by atoms with E-state index in [1.54, 1.807) is 0 Å². The monoisotopic (exact) mass is 159 g/mol. The number of carboxylic acids is 1. The molecule has 1 heterocycles. The molecule has 0 aliphatic carbocycles. The topological polar surface area (TPSA) is 60.8 Å². The van der Waals surface area contributed by atoms with Gasteiger partial charge in [0.1, 0.15) is 0 Å². The molecule has 0 saturated carbocycles. The van der Waals surface area contributed by atoms with Crippen molar-refractivity contribution in [2.75, 3.05) is 26.7 Å². The quantitative estimate of drug-likeness (QED) is 0.556. The summed E-state index contributed by atoms with van der Waals surface area (Å²) in [5.74, 6) is -1.27. The van der Waals surface area contributed by atoms with Gasteiger partial charge in [-0.05, 0) is 7.05 Å². The predicted molar refractivity (Wildman–Crippen MR) is 39.2 cm³/mol. The molecular weight excluding hydrogens is 146 g/mol. The van der Waals surface area contributed by atoms with E-state index < -0.39 is 5.97 Å². The first-order chi connectivity index (χ1) is 5.15. The van der Waals surface area contributed by atoms with Crippen molar-refractivity contribution in [2.45, 2.75) is 0 Å². The van der Waals surface area contributed by atoms with Crippen LogP contribution >= 0.6 is 0 Å². The zero-order valence-corrected chi connectivity index (χ0v) is 6.53. The molecular formula is C7H13NO3. The second-order valence-corrected chi connectivity index (χ2v) is 3.11. The molecule has 2 N–H and O–H groups in total. The molecule has 4 nitrogen and oxygen atoms in total. The zero-order chi connectivity index (χ0) is 8.43. The molecule has 0 aromatic rings. The van der Waals surface area contributed by atoms with Gasteiger partial charge in [-0.3, -0.25) is 4.79 Å². The van der Waals surface area contributed by atoms with Crippen LogP contribution in [0.2, 0.25) is 0 Å². The molecule has 1 rings (SSSR count). The van der Waals surface area contributed by atoms with Crippen molar-refractivity contribution >= 4 is 5.97 Å². The van der Waals surface area contributed by atoms with Gasteiger partial charge in [-0.2, -0.15) is 0 Å². The molecule has 0 amide bonds. The average molecular weight is 159 g/mol. The predicted octanol–water partition coefficient (Wildman–Crippen LogP) is -0.759. The van der Waals surface area contributed by atoms with Crippen molar-refractivity contribution < 1.29 is 15.0 Å². The molecule has 1 aliphatic rings. The van der Waals surface area contributed by atoms with Crippen LogP contribution in [-0.4, -0.2) is 47.8 Å². The highest BCUT2D eigenvalue weighted by Gasteiger charge is 2.35. The molecule has 1 aliphatic heterocycles. The maximum atomic E-state index is 10.6. The molecule has 0 radical (unpaired) electrons. The van der Waals surface area contributed by atoms with Crippen LogP contribution in [0.5, 0.6) is 0 Å². The molecule has 1 fully saturated rings. The molecule has 1 saturated heterocycles. The SMILES string of the molecule is CN1CC(CO)C(C(=O)O)C1. The third-order valence-electron chi connectivity index (χ3n) is 2.18. The van der Waals surface area contributed by atoms with Crippen LogP contribution < -0.4 is 0 Å². The summed E-state index contributed by atoms with van der Waals surface area (Å²) in [5, 5.41) is 17.5. The zero-order valence-electron chi connectivity index (χ0n) is 6.53. The summed E-state index contributed by atoms with van der Waals surface area (Å²) in [6, 6.07) is 0. The molecule has 0 aromatic carbocycles. The minimum absolute atomic E-state index is 0.0265. The highest BCUT2D eigenvalue weighted by atomic mass is 16.4. The molecule has 11 heavy (non-hydrogen) atoms. The van der Waals surface area contributed by atoms with Crippen LogP contribution in [0.3, 0.4) is 0 Å². The summed E-state index contributed by atoms with van der Waals surface area (Å²) in [6.45, 7) is 1.22. The number of rotatable bonds is 2. The third-order valence-corrected chi connectivity index (χ3v) is 2.18. The number of hydrogen-bond acceptors (Lipinski definition) is 3. The van der Waals surface area contributed by atoms with E-state index in [2.05, 4.69) is 0 Å². The average Bonchev–Trinajstić information content (AvgIpc) is 2.30. The number of carbonyl (C=O) groups is 1. The van der Waals surface area contributed by atoms with Gasteiger partial charge in [-0.1, -0.05) is 0 Å². The second-order valence-electron chi connectivity index (χ2n) is 3.11. The molecule has 2 unspecified atom stereocenters. The van der Waals surface area contributed by atoms with Gasteiger partial charge in [0.2, 0.25) is 0 Å². The number of aliphatic carboxylic acids is 1. The number of nitrogens with zero attached hydrogens (tertiary/aromatic N) is 1. The van der Waals surface area contributed by atoms with Gasteiger partial charge >= 0.3 is 5.97 Å². The Balaban J connectivity index is 2.57. The standard InChI is InChI=1S/C7H13NO3/c1-8-2-5(4-9)6(3-8)7(10)11/h5-6,9H,2-4H2,1H3,(H,10,11). The lowest BCUT2D eigenvalue weighted by Crippen LogP contribution is -2.24. The molecule has 0 spiro atoms. The second kappa shape index (κ2) is 3.19. The smallest absolute Gasteiger partial charge is 0.308 e. The van der Waals surface area contributed by atoms with Crippen molar-refractivity contribution in [2.24, 2.45) is 11.8 Å². The van der Waals surface area contributed by atoms with Crippen LogP contribution in [-0.2, 0) is 4.79 Å². The maximum Gasteiger partial charge on any atom is 0.308 e. The van der Waals surface area contributed by atoms with Gasteiger partial charge in [-0.25, -0.2) is 0 Å². The summed E-state index contributed by atoms with van der Waals surface area (Å²) in [4.78, 5) is 12.5. The Morgan fingerprint density at radius 1 is 1.64 bits per heavy atom. The first-order valence-electron chi connectivity index (χ1n) is 3.67. The first kappa shape index (κ1) is 8.49. The Hall–Kier alpha value is -0.610. The van der Waals surface area contributed by atoms with Gasteiger partial charge in [0.05, 0.1) is 5.92 Å². The molecule has 64 valence electrons. The van der Waals surface area contributed by atoms with Gasteiger partial charge < -0.3 is 15.1 Å². The van der Waals surface area contributed by atoms with Gasteiger partial charge in [-0.15, -0.1) is 0 Å². The Morgan fingerprint density at radius 2 is 2.27 bits per heavy atom. The van der Waals surface area contributed by atoms with Gasteiger partial charge in [0.25, 0.3) is 0 Å². The number of aliphatic hydroxyl groups excluding tert-OH is 1. The van der Waals surface area contributed by atoms with E-state index >= 15 is 0 Å². The van der Waals surface area contributed by atoms with Crippen molar-refractivity contribution in [3.8, 4) is 0 Å². The maximum absolute atomic E-state index is 10.6. The molecule has 0 bridgehead atoms. The molecule has 4 heteroatoms. The molecule has 0 aromatic heterocycles. The number of aliphatic hydroxyl groups is 1. The van der Waals surface area contributed by atoms with Crippen LogP contribution in [0.1, 0.15) is 0 Å². The Morgan fingerprint density at radius 3 is 2.64 bits per heavy atom. The molecule has 2 atom stereocenters. The summed E-state index contributed by atoms with van der Waals surface area (Å²) in [6.07, 6.45) is 0. The van der Waals surface area contributed by atoms with Crippen LogP contribution in [0.4, 0.5) is 0 Å². The normalized spacial score (nSPS) is 32.5. The Kier molecular flexibility index (Phi) is 2.46. The third kappa shape index (κ3) is 1.70. The van der Waals surface area contributed by atoms with E-state index in [9.17, 15) is 4.79 Å². The van der Waals surface area contributed by atoms with E-state index in [0.29, 0.717) is 13.1 Å². The van der Waals surface area contributed by atoms with Crippen molar-refractivity contribution in [3.63, 3.8) is 0 Å². The summed E-state index contributed by atoms with van der Waals surface area (Å²) >= 11 is 0. The minimum Gasteiger partial charge on any atom is -0.481 e. The van der Waals surface area contributed by atoms with Crippen molar-refractivity contribution in [1.29, 1.82) is 0 Å². The largest absolute Gasteiger partial charge is 0.481 e. The Bertz CT molecular complexity index is 160. The van der Waals surface area contributed by atoms with Crippen molar-refractivity contribution in [3.05, 3.63) is 0 Å². The fourth-order valence-corrected chi connectivity index (χ4v) is 1.55. The summed E-state index contributed by atoms with van der Waals surface area (Å²) < 4.78 is 0. The lowest BCUT2D eigenvalue weighted by molar-refractivity contribution is -0.142. The number of likely N-dealkylation sites (tertiary alicyclic amines) is 1. The van der Waals surface area contributed by atoms with Crippen LogP contribution in [0.25, 0.3) is 0 Å².